The Morgan fingerprint density at radius 1 is 1.40 bits per heavy atom. The zero-order chi connectivity index (χ0) is 11.3. The van der Waals surface area contributed by atoms with E-state index in [0.717, 1.165) is 24.3 Å². The fourth-order valence-electron chi connectivity index (χ4n) is 1.37. The quantitative estimate of drug-likeness (QED) is 0.807. The monoisotopic (exact) mass is 211 g/mol. The Labute approximate surface area is 90.4 Å². The molecule has 3 heteroatoms. The molecule has 0 bridgehead atoms. The van der Waals surface area contributed by atoms with Crippen LogP contribution in [-0.2, 0) is 6.42 Å². The number of ether oxygens (including phenoxy) is 1. The van der Waals surface area contributed by atoms with Crippen LogP contribution < -0.4 is 10.1 Å². The van der Waals surface area contributed by atoms with E-state index in [0.29, 0.717) is 0 Å². The highest BCUT2D eigenvalue weighted by Crippen LogP contribution is 2.21. The van der Waals surface area contributed by atoms with E-state index in [1.165, 1.54) is 12.1 Å². The van der Waals surface area contributed by atoms with Gasteiger partial charge in [0.1, 0.15) is 11.6 Å². The van der Waals surface area contributed by atoms with E-state index in [2.05, 4.69) is 5.32 Å². The fourth-order valence-corrected chi connectivity index (χ4v) is 1.37. The van der Waals surface area contributed by atoms with E-state index < -0.39 is 0 Å². The van der Waals surface area contributed by atoms with Crippen molar-refractivity contribution >= 4 is 0 Å². The normalized spacial score (nSPS) is 10.7. The van der Waals surface area contributed by atoms with Crippen LogP contribution in [0.15, 0.2) is 18.2 Å². The number of likely N-dealkylation sites (N-methyl/N-ethyl adjacent to an activating group) is 1. The average molecular weight is 211 g/mol. The van der Waals surface area contributed by atoms with Gasteiger partial charge in [0.05, 0.1) is 6.10 Å². The summed E-state index contributed by atoms with van der Waals surface area (Å²) in [7, 11) is 1.88. The topological polar surface area (TPSA) is 21.3 Å². The van der Waals surface area contributed by atoms with Gasteiger partial charge in [-0.15, -0.1) is 0 Å². The van der Waals surface area contributed by atoms with Gasteiger partial charge in [0.15, 0.2) is 0 Å². The van der Waals surface area contributed by atoms with Crippen LogP contribution in [0.1, 0.15) is 19.4 Å². The highest BCUT2D eigenvalue weighted by Gasteiger charge is 2.06. The summed E-state index contributed by atoms with van der Waals surface area (Å²) < 4.78 is 18.6. The summed E-state index contributed by atoms with van der Waals surface area (Å²) in [5.74, 6) is 0.568. The first-order valence-electron chi connectivity index (χ1n) is 5.23. The van der Waals surface area contributed by atoms with Crippen LogP contribution in [-0.4, -0.2) is 19.7 Å². The molecule has 84 valence electrons. The molecule has 0 radical (unpaired) electrons. The molecule has 2 nitrogen and oxygen atoms in total. The maximum absolute atomic E-state index is 13.0. The molecule has 1 N–H and O–H groups in total. The highest BCUT2D eigenvalue weighted by atomic mass is 19.1. The van der Waals surface area contributed by atoms with Gasteiger partial charge in [0.2, 0.25) is 0 Å². The Morgan fingerprint density at radius 2 is 2.13 bits per heavy atom. The van der Waals surface area contributed by atoms with Crippen molar-refractivity contribution in [1.29, 1.82) is 0 Å². The van der Waals surface area contributed by atoms with Crippen molar-refractivity contribution in [3.63, 3.8) is 0 Å². The molecule has 0 unspecified atom stereocenters. The summed E-state index contributed by atoms with van der Waals surface area (Å²) in [5, 5.41) is 3.04. The van der Waals surface area contributed by atoms with Gasteiger partial charge in [-0.25, -0.2) is 4.39 Å². The maximum atomic E-state index is 13.0. The molecule has 0 heterocycles. The van der Waals surface area contributed by atoms with Gasteiger partial charge in [0.25, 0.3) is 0 Å². The van der Waals surface area contributed by atoms with Crippen molar-refractivity contribution in [2.75, 3.05) is 13.6 Å². The second-order valence-corrected chi connectivity index (χ2v) is 3.77. The summed E-state index contributed by atoms with van der Waals surface area (Å²) in [4.78, 5) is 0. The molecule has 1 rings (SSSR count). The minimum atomic E-state index is -0.211. The van der Waals surface area contributed by atoms with E-state index in [1.807, 2.05) is 20.9 Å². The molecule has 0 amide bonds. The van der Waals surface area contributed by atoms with Crippen molar-refractivity contribution in [3.8, 4) is 5.75 Å². The summed E-state index contributed by atoms with van der Waals surface area (Å²) >= 11 is 0. The Hall–Kier alpha value is -1.09. The molecule has 15 heavy (non-hydrogen) atoms. The number of benzene rings is 1. The van der Waals surface area contributed by atoms with Crippen LogP contribution in [0.2, 0.25) is 0 Å². The molecule has 0 spiro atoms. The molecule has 0 aliphatic heterocycles. The van der Waals surface area contributed by atoms with Crippen LogP contribution in [0, 0.1) is 5.82 Å². The van der Waals surface area contributed by atoms with Gasteiger partial charge >= 0.3 is 0 Å². The molecular formula is C12H18FNO. The molecule has 0 atom stereocenters. The predicted molar refractivity (Wildman–Crippen MR) is 59.8 cm³/mol. The standard InChI is InChI=1S/C12H18FNO/c1-9(2)15-12-5-4-11(13)8-10(12)6-7-14-3/h4-5,8-9,14H,6-7H2,1-3H3. The fraction of sp³-hybridized carbons (Fsp3) is 0.500. The van der Waals surface area contributed by atoms with Crippen molar-refractivity contribution in [1.82, 2.24) is 5.32 Å². The molecule has 0 aliphatic rings. The summed E-state index contributed by atoms with van der Waals surface area (Å²) in [6.07, 6.45) is 0.889. The minimum absolute atomic E-state index is 0.115. The molecule has 1 aromatic carbocycles. The third-order valence-corrected chi connectivity index (χ3v) is 2.03. The van der Waals surface area contributed by atoms with Crippen molar-refractivity contribution in [3.05, 3.63) is 29.6 Å². The largest absolute Gasteiger partial charge is 0.491 e. The number of hydrogen-bond acceptors (Lipinski definition) is 2. The van der Waals surface area contributed by atoms with E-state index in [-0.39, 0.29) is 11.9 Å². The predicted octanol–water partition coefficient (Wildman–Crippen LogP) is 2.37. The Balaban J connectivity index is 2.82. The van der Waals surface area contributed by atoms with Crippen molar-refractivity contribution in [2.24, 2.45) is 0 Å². The summed E-state index contributed by atoms with van der Waals surface area (Å²) in [6.45, 7) is 4.74. The van der Waals surface area contributed by atoms with Crippen LogP contribution in [0.5, 0.6) is 5.75 Å². The van der Waals surface area contributed by atoms with Crippen LogP contribution in [0.4, 0.5) is 4.39 Å². The third kappa shape index (κ3) is 3.88. The second-order valence-electron chi connectivity index (χ2n) is 3.77. The maximum Gasteiger partial charge on any atom is 0.123 e. The molecule has 0 saturated heterocycles. The molecule has 0 fully saturated rings. The van der Waals surface area contributed by atoms with Gasteiger partial charge in [0, 0.05) is 0 Å². The average Bonchev–Trinajstić information content (AvgIpc) is 2.18. The number of hydrogen-bond donors (Lipinski definition) is 1. The van der Waals surface area contributed by atoms with Gasteiger partial charge < -0.3 is 10.1 Å². The first-order valence-corrected chi connectivity index (χ1v) is 5.23. The molecular weight excluding hydrogens is 193 g/mol. The first-order chi connectivity index (χ1) is 7.13. The molecule has 1 aromatic rings. The Bertz CT molecular complexity index is 312. The lowest BCUT2D eigenvalue weighted by molar-refractivity contribution is 0.239. The number of nitrogens with one attached hydrogen (secondary N) is 1. The van der Waals surface area contributed by atoms with E-state index in [1.54, 1.807) is 6.07 Å². The molecule has 0 aromatic heterocycles. The Morgan fingerprint density at radius 3 is 2.73 bits per heavy atom. The zero-order valence-corrected chi connectivity index (χ0v) is 9.51. The van der Waals surface area contributed by atoms with Gasteiger partial charge in [-0.1, -0.05) is 0 Å². The number of halogens is 1. The van der Waals surface area contributed by atoms with E-state index in [9.17, 15) is 4.39 Å². The van der Waals surface area contributed by atoms with E-state index in [4.69, 9.17) is 4.74 Å². The lowest BCUT2D eigenvalue weighted by atomic mass is 10.1. The molecule has 0 saturated carbocycles. The van der Waals surface area contributed by atoms with Crippen LogP contribution in [0.25, 0.3) is 0 Å². The lowest BCUT2D eigenvalue weighted by Gasteiger charge is -2.14. The summed E-state index contributed by atoms with van der Waals surface area (Å²) in [5.41, 5.74) is 0.915. The first kappa shape index (κ1) is 12.0. The van der Waals surface area contributed by atoms with Gasteiger partial charge in [-0.2, -0.15) is 0 Å². The van der Waals surface area contributed by atoms with E-state index >= 15 is 0 Å². The second kappa shape index (κ2) is 5.71. The SMILES string of the molecule is CNCCc1cc(F)ccc1OC(C)C. The summed E-state index contributed by atoms with van der Waals surface area (Å²) in [6, 6.07) is 4.66. The Kier molecular flexibility index (Phi) is 4.56. The number of rotatable bonds is 5. The zero-order valence-electron chi connectivity index (χ0n) is 9.51. The van der Waals surface area contributed by atoms with Crippen LogP contribution >= 0.6 is 0 Å². The van der Waals surface area contributed by atoms with Crippen LogP contribution in [0.3, 0.4) is 0 Å². The van der Waals surface area contributed by atoms with Gasteiger partial charge in [-0.05, 0) is 57.6 Å². The third-order valence-electron chi connectivity index (χ3n) is 2.03. The molecule has 0 aliphatic carbocycles. The minimum Gasteiger partial charge on any atom is -0.491 e. The van der Waals surface area contributed by atoms with Gasteiger partial charge in [-0.3, -0.25) is 0 Å². The van der Waals surface area contributed by atoms with Crippen molar-refractivity contribution in [2.45, 2.75) is 26.4 Å². The highest BCUT2D eigenvalue weighted by molar-refractivity contribution is 5.34. The van der Waals surface area contributed by atoms with Crippen molar-refractivity contribution < 1.29 is 9.13 Å². The lowest BCUT2D eigenvalue weighted by Crippen LogP contribution is -2.13. The smallest absolute Gasteiger partial charge is 0.123 e.